The molecule has 1 N–H and O–H groups in total. The maximum Gasteiger partial charge on any atom is 0.427 e. The topological polar surface area (TPSA) is 50.7 Å². The average molecular weight is 234 g/mol. The van der Waals surface area contributed by atoms with E-state index in [0.717, 1.165) is 24.1 Å². The summed E-state index contributed by atoms with van der Waals surface area (Å²) in [5.41, 5.74) is 5.34. The number of aryl methyl sites for hydroxylation is 1. The quantitative estimate of drug-likeness (QED) is 0.643. The van der Waals surface area contributed by atoms with Crippen LogP contribution in [0.3, 0.4) is 0 Å². The van der Waals surface area contributed by atoms with Gasteiger partial charge >= 0.3 is 6.09 Å². The third-order valence-electron chi connectivity index (χ3n) is 2.41. The summed E-state index contributed by atoms with van der Waals surface area (Å²) in [6.45, 7) is 3.99. The molecule has 1 aromatic rings. The number of methoxy groups -OCH3 is 1. The fourth-order valence-electron chi connectivity index (χ4n) is 1.44. The molecule has 0 unspecified atom stereocenters. The van der Waals surface area contributed by atoms with Crippen molar-refractivity contribution >= 4 is 11.8 Å². The average Bonchev–Trinajstić information content (AvgIpc) is 2.36. The first-order valence-electron chi connectivity index (χ1n) is 5.65. The Balaban J connectivity index is 2.68. The molecule has 0 aliphatic heterocycles. The molecule has 0 spiro atoms. The summed E-state index contributed by atoms with van der Waals surface area (Å²) in [6, 6.07) is 8.16. The van der Waals surface area contributed by atoms with Gasteiger partial charge in [-0.1, -0.05) is 37.6 Å². The number of rotatable bonds is 4. The van der Waals surface area contributed by atoms with Crippen molar-refractivity contribution in [3.8, 4) is 0 Å². The minimum atomic E-state index is -0.563. The van der Waals surface area contributed by atoms with Crippen LogP contribution in [0.15, 0.2) is 29.4 Å². The Bertz CT molecular complexity index is 396. The Kier molecular flexibility index (Phi) is 5.20. The summed E-state index contributed by atoms with van der Waals surface area (Å²) in [5.74, 6) is 0. The van der Waals surface area contributed by atoms with Crippen LogP contribution in [0.4, 0.5) is 4.79 Å². The largest absolute Gasteiger partial charge is 0.452 e. The molecule has 4 nitrogen and oxygen atoms in total. The summed E-state index contributed by atoms with van der Waals surface area (Å²) in [7, 11) is 1.31. The predicted octanol–water partition coefficient (Wildman–Crippen LogP) is 2.72. The molecule has 1 amide bonds. The van der Waals surface area contributed by atoms with Crippen molar-refractivity contribution in [1.29, 1.82) is 0 Å². The van der Waals surface area contributed by atoms with Crippen molar-refractivity contribution < 1.29 is 9.53 Å². The van der Waals surface area contributed by atoms with Crippen LogP contribution >= 0.6 is 0 Å². The van der Waals surface area contributed by atoms with Gasteiger partial charge in [0.1, 0.15) is 0 Å². The molecule has 0 saturated heterocycles. The van der Waals surface area contributed by atoms with E-state index in [2.05, 4.69) is 34.3 Å². The minimum Gasteiger partial charge on any atom is -0.452 e. The van der Waals surface area contributed by atoms with Gasteiger partial charge in [-0.15, -0.1) is 0 Å². The lowest BCUT2D eigenvalue weighted by Crippen LogP contribution is -2.18. The Hall–Kier alpha value is -1.84. The van der Waals surface area contributed by atoms with Crippen LogP contribution < -0.4 is 5.43 Å². The van der Waals surface area contributed by atoms with Gasteiger partial charge in [-0.3, -0.25) is 0 Å². The second-order valence-electron chi connectivity index (χ2n) is 3.75. The van der Waals surface area contributed by atoms with Gasteiger partial charge in [-0.25, -0.2) is 10.2 Å². The van der Waals surface area contributed by atoms with E-state index in [4.69, 9.17) is 0 Å². The number of carbonyl (C=O) groups is 1. The number of benzene rings is 1. The van der Waals surface area contributed by atoms with Gasteiger partial charge in [0, 0.05) is 0 Å². The number of hydrogen-bond donors (Lipinski definition) is 1. The van der Waals surface area contributed by atoms with E-state index in [1.165, 1.54) is 12.7 Å². The lowest BCUT2D eigenvalue weighted by atomic mass is 10.1. The van der Waals surface area contributed by atoms with Crippen LogP contribution in [0.1, 0.15) is 31.4 Å². The Morgan fingerprint density at radius 3 is 2.53 bits per heavy atom. The second-order valence-corrected chi connectivity index (χ2v) is 3.75. The molecule has 1 aromatic carbocycles. The van der Waals surface area contributed by atoms with E-state index in [9.17, 15) is 4.79 Å². The molecule has 0 heterocycles. The van der Waals surface area contributed by atoms with Gasteiger partial charge in [-0.2, -0.15) is 5.10 Å². The molecule has 0 aromatic heterocycles. The molecule has 0 bridgehead atoms. The summed E-state index contributed by atoms with van der Waals surface area (Å²) in [4.78, 5) is 10.8. The molecule has 17 heavy (non-hydrogen) atoms. The number of carbonyl (C=O) groups excluding carboxylic acids is 1. The second kappa shape index (κ2) is 6.68. The fourth-order valence-corrected chi connectivity index (χ4v) is 1.44. The van der Waals surface area contributed by atoms with Crippen molar-refractivity contribution in [2.45, 2.75) is 26.7 Å². The standard InChI is InChI=1S/C13H18N2O2/c1-4-5-11-6-8-12(9-7-11)10(2)14-15-13(16)17-3/h6-9H,4-5H2,1-3H3,(H,15,16)/b14-10-. The van der Waals surface area contributed by atoms with E-state index in [-0.39, 0.29) is 0 Å². The van der Waals surface area contributed by atoms with Crippen molar-refractivity contribution in [2.75, 3.05) is 7.11 Å². The third kappa shape index (κ3) is 4.26. The first-order chi connectivity index (χ1) is 8.17. The SMILES string of the molecule is CCCc1ccc(/C(C)=N\NC(=O)OC)cc1. The van der Waals surface area contributed by atoms with E-state index >= 15 is 0 Å². The van der Waals surface area contributed by atoms with Gasteiger partial charge in [0.15, 0.2) is 0 Å². The highest BCUT2D eigenvalue weighted by atomic mass is 16.5. The van der Waals surface area contributed by atoms with Gasteiger partial charge in [-0.05, 0) is 24.5 Å². The van der Waals surface area contributed by atoms with E-state index in [0.29, 0.717) is 0 Å². The number of ether oxygens (including phenoxy) is 1. The van der Waals surface area contributed by atoms with E-state index < -0.39 is 6.09 Å². The highest BCUT2D eigenvalue weighted by Crippen LogP contribution is 2.07. The molecule has 0 atom stereocenters. The number of hydrazone groups is 1. The maximum atomic E-state index is 10.8. The lowest BCUT2D eigenvalue weighted by molar-refractivity contribution is 0.171. The molecule has 4 heteroatoms. The molecule has 0 fully saturated rings. The van der Waals surface area contributed by atoms with Gasteiger partial charge in [0.2, 0.25) is 0 Å². The molecule has 0 saturated carbocycles. The van der Waals surface area contributed by atoms with Crippen molar-refractivity contribution in [3.05, 3.63) is 35.4 Å². The van der Waals surface area contributed by atoms with E-state index in [1.807, 2.05) is 19.1 Å². The Labute approximate surface area is 102 Å². The number of hydrogen-bond acceptors (Lipinski definition) is 3. The maximum absolute atomic E-state index is 10.8. The van der Waals surface area contributed by atoms with Crippen LogP contribution in [0.2, 0.25) is 0 Å². The van der Waals surface area contributed by atoms with Crippen LogP contribution in [-0.2, 0) is 11.2 Å². The molecule has 0 radical (unpaired) electrons. The molecule has 0 aliphatic rings. The molecule has 0 aliphatic carbocycles. The van der Waals surface area contributed by atoms with Crippen LogP contribution in [0.5, 0.6) is 0 Å². The monoisotopic (exact) mass is 234 g/mol. The first-order valence-corrected chi connectivity index (χ1v) is 5.65. The van der Waals surface area contributed by atoms with E-state index in [1.54, 1.807) is 0 Å². The number of nitrogens with zero attached hydrogens (tertiary/aromatic N) is 1. The molecule has 92 valence electrons. The summed E-state index contributed by atoms with van der Waals surface area (Å²) in [6.07, 6.45) is 1.65. The number of nitrogens with one attached hydrogen (secondary N) is 1. The summed E-state index contributed by atoms with van der Waals surface area (Å²) >= 11 is 0. The Morgan fingerprint density at radius 2 is 2.00 bits per heavy atom. The smallest absolute Gasteiger partial charge is 0.427 e. The lowest BCUT2D eigenvalue weighted by Gasteiger charge is -2.03. The predicted molar refractivity (Wildman–Crippen MR) is 68.2 cm³/mol. The van der Waals surface area contributed by atoms with Gasteiger partial charge < -0.3 is 4.74 Å². The highest BCUT2D eigenvalue weighted by molar-refractivity contribution is 5.99. The highest BCUT2D eigenvalue weighted by Gasteiger charge is 2.00. The van der Waals surface area contributed by atoms with Crippen LogP contribution in [0, 0.1) is 0 Å². The Morgan fingerprint density at radius 1 is 1.35 bits per heavy atom. The van der Waals surface area contributed by atoms with Crippen LogP contribution in [-0.4, -0.2) is 18.9 Å². The normalized spacial score (nSPS) is 11.1. The summed E-state index contributed by atoms with van der Waals surface area (Å²) in [5, 5.41) is 3.93. The van der Waals surface area contributed by atoms with Crippen molar-refractivity contribution in [3.63, 3.8) is 0 Å². The molecular formula is C13H18N2O2. The first kappa shape index (κ1) is 13.2. The zero-order valence-electron chi connectivity index (χ0n) is 10.5. The third-order valence-corrected chi connectivity index (χ3v) is 2.41. The van der Waals surface area contributed by atoms with Gasteiger partial charge in [0.25, 0.3) is 0 Å². The molecular weight excluding hydrogens is 216 g/mol. The van der Waals surface area contributed by atoms with Crippen molar-refractivity contribution in [2.24, 2.45) is 5.10 Å². The molecule has 1 rings (SSSR count). The number of amides is 1. The zero-order valence-corrected chi connectivity index (χ0v) is 10.5. The van der Waals surface area contributed by atoms with Gasteiger partial charge in [0.05, 0.1) is 12.8 Å². The fraction of sp³-hybridized carbons (Fsp3) is 0.385. The van der Waals surface area contributed by atoms with Crippen molar-refractivity contribution in [1.82, 2.24) is 5.43 Å². The van der Waals surface area contributed by atoms with Crippen LogP contribution in [0.25, 0.3) is 0 Å². The zero-order chi connectivity index (χ0) is 12.7. The summed E-state index contributed by atoms with van der Waals surface area (Å²) < 4.78 is 4.43. The minimum absolute atomic E-state index is 0.563.